The fourth-order valence-electron chi connectivity index (χ4n) is 2.65. The van der Waals surface area contributed by atoms with Crippen LogP contribution in [-0.4, -0.2) is 56.7 Å². The highest BCUT2D eigenvalue weighted by Gasteiger charge is 2.11. The lowest BCUT2D eigenvalue weighted by Crippen LogP contribution is -2.35. The van der Waals surface area contributed by atoms with Crippen LogP contribution < -0.4 is 10.1 Å². The molecular formula is C18H27N3O3. The Labute approximate surface area is 143 Å². The van der Waals surface area contributed by atoms with Crippen LogP contribution in [0.1, 0.15) is 36.5 Å². The zero-order valence-corrected chi connectivity index (χ0v) is 14.6. The molecule has 6 nitrogen and oxygen atoms in total. The molecule has 0 saturated carbocycles. The van der Waals surface area contributed by atoms with Gasteiger partial charge in [-0.3, -0.25) is 10.1 Å². The smallest absolute Gasteiger partial charge is 0.291 e. The van der Waals surface area contributed by atoms with Crippen molar-refractivity contribution in [1.82, 2.24) is 10.2 Å². The first-order valence-electron chi connectivity index (χ1n) is 8.58. The number of methoxy groups -OCH3 is 1. The molecule has 132 valence electrons. The molecule has 1 aliphatic rings. The Balaban J connectivity index is 1.88. The van der Waals surface area contributed by atoms with Gasteiger partial charge in [-0.1, -0.05) is 6.42 Å². The molecule has 0 spiro atoms. The number of nitrogens with one attached hydrogen (secondary N) is 1. The van der Waals surface area contributed by atoms with Crippen molar-refractivity contribution in [3.8, 4) is 5.75 Å². The van der Waals surface area contributed by atoms with Gasteiger partial charge in [0.1, 0.15) is 5.75 Å². The Hall–Kier alpha value is -2.08. The fourth-order valence-corrected chi connectivity index (χ4v) is 2.65. The lowest BCUT2D eigenvalue weighted by Gasteiger charge is -2.25. The highest BCUT2D eigenvalue weighted by molar-refractivity contribution is 6.04. The minimum absolute atomic E-state index is 0.233. The number of ether oxygens (including phenoxy) is 2. The number of piperidine rings is 1. The molecule has 1 saturated heterocycles. The molecule has 1 aromatic rings. The number of hydrogen-bond acceptors (Lipinski definition) is 5. The molecule has 1 heterocycles. The van der Waals surface area contributed by atoms with E-state index < -0.39 is 0 Å². The van der Waals surface area contributed by atoms with Gasteiger partial charge < -0.3 is 14.4 Å². The number of nitrogens with zero attached hydrogens (tertiary/aromatic N) is 2. The van der Waals surface area contributed by atoms with Crippen LogP contribution >= 0.6 is 0 Å². The van der Waals surface area contributed by atoms with E-state index in [1.165, 1.54) is 19.3 Å². The highest BCUT2D eigenvalue weighted by atomic mass is 16.5. The van der Waals surface area contributed by atoms with Gasteiger partial charge in [0.2, 0.25) is 0 Å². The highest BCUT2D eigenvalue weighted by Crippen LogP contribution is 2.11. The van der Waals surface area contributed by atoms with Gasteiger partial charge in [-0.25, -0.2) is 4.99 Å². The Bertz CT molecular complexity index is 537. The summed E-state index contributed by atoms with van der Waals surface area (Å²) in [5.41, 5.74) is 0.541. The molecule has 1 aromatic carbocycles. The van der Waals surface area contributed by atoms with Crippen molar-refractivity contribution >= 4 is 11.9 Å². The number of hydrogen-bond donors (Lipinski definition) is 1. The molecule has 1 amide bonds. The maximum Gasteiger partial charge on any atom is 0.291 e. The van der Waals surface area contributed by atoms with Crippen LogP contribution in [0.4, 0.5) is 0 Å². The van der Waals surface area contributed by atoms with Crippen LogP contribution in [0.5, 0.6) is 5.75 Å². The number of amidine groups is 1. The monoisotopic (exact) mass is 333 g/mol. The summed E-state index contributed by atoms with van der Waals surface area (Å²) in [6, 6.07) is 7.22. The Morgan fingerprint density at radius 3 is 2.54 bits per heavy atom. The Morgan fingerprint density at radius 2 is 1.92 bits per heavy atom. The van der Waals surface area contributed by atoms with E-state index >= 15 is 0 Å². The van der Waals surface area contributed by atoms with E-state index in [1.807, 2.05) is 6.92 Å². The van der Waals surface area contributed by atoms with Crippen LogP contribution in [-0.2, 0) is 4.74 Å². The van der Waals surface area contributed by atoms with Crippen LogP contribution in [0, 0.1) is 0 Å². The average Bonchev–Trinajstić information content (AvgIpc) is 2.63. The van der Waals surface area contributed by atoms with Crippen molar-refractivity contribution in [1.29, 1.82) is 0 Å². The Morgan fingerprint density at radius 1 is 1.21 bits per heavy atom. The number of carbonyl (C=O) groups excluding carboxylic acids is 1. The first-order valence-corrected chi connectivity index (χ1v) is 8.58. The molecule has 0 aliphatic carbocycles. The quantitative estimate of drug-likeness (QED) is 0.641. The summed E-state index contributed by atoms with van der Waals surface area (Å²) in [5, 5.41) is 2.74. The van der Waals surface area contributed by atoms with E-state index in [1.54, 1.807) is 31.4 Å². The third-order valence-electron chi connectivity index (χ3n) is 3.97. The molecule has 1 aliphatic heterocycles. The predicted molar refractivity (Wildman–Crippen MR) is 94.7 cm³/mol. The van der Waals surface area contributed by atoms with Gasteiger partial charge in [0, 0.05) is 12.1 Å². The lowest BCUT2D eigenvalue weighted by atomic mass is 10.1. The van der Waals surface area contributed by atoms with Gasteiger partial charge in [0.15, 0.2) is 0 Å². The van der Waals surface area contributed by atoms with Gasteiger partial charge in [-0.2, -0.15) is 0 Å². The van der Waals surface area contributed by atoms with Crippen LogP contribution in [0.2, 0.25) is 0 Å². The third kappa shape index (κ3) is 5.85. The van der Waals surface area contributed by atoms with E-state index in [0.717, 1.165) is 19.6 Å². The van der Waals surface area contributed by atoms with E-state index in [-0.39, 0.29) is 11.9 Å². The largest absolute Gasteiger partial charge is 0.497 e. The normalized spacial score (nSPS) is 15.8. The van der Waals surface area contributed by atoms with Crippen LogP contribution in [0.25, 0.3) is 0 Å². The van der Waals surface area contributed by atoms with Crippen molar-refractivity contribution in [2.45, 2.75) is 26.2 Å². The molecule has 0 atom stereocenters. The molecule has 2 rings (SSSR count). The standard InChI is InChI=1S/C18H27N3O3/c1-3-24-18(19-11-14-21-12-5-4-6-13-21)20-17(22)15-7-9-16(23-2)10-8-15/h7-10H,3-6,11-14H2,1-2H3,(H,19,20,22). The lowest BCUT2D eigenvalue weighted by molar-refractivity contribution is 0.0966. The molecule has 1 fully saturated rings. The summed E-state index contributed by atoms with van der Waals surface area (Å²) in [6.45, 7) is 6.13. The number of amides is 1. The summed E-state index contributed by atoms with van der Waals surface area (Å²) in [6.07, 6.45) is 3.84. The molecule has 6 heteroatoms. The minimum atomic E-state index is -0.233. The summed E-state index contributed by atoms with van der Waals surface area (Å²) in [7, 11) is 1.59. The van der Waals surface area contributed by atoms with Gasteiger partial charge in [0.05, 0.1) is 20.3 Å². The van der Waals surface area contributed by atoms with E-state index in [2.05, 4.69) is 15.2 Å². The SMILES string of the molecule is CCOC(=NCCN1CCCCC1)NC(=O)c1ccc(OC)cc1. The zero-order chi connectivity index (χ0) is 17.2. The molecule has 24 heavy (non-hydrogen) atoms. The topological polar surface area (TPSA) is 63.2 Å². The van der Waals surface area contributed by atoms with Crippen LogP contribution in [0.3, 0.4) is 0 Å². The average molecular weight is 333 g/mol. The van der Waals surface area contributed by atoms with E-state index in [0.29, 0.717) is 24.5 Å². The number of aliphatic imine (C=N–C) groups is 1. The van der Waals surface area contributed by atoms with Gasteiger partial charge in [-0.05, 0) is 57.1 Å². The number of likely N-dealkylation sites (tertiary alicyclic amines) is 1. The van der Waals surface area contributed by atoms with Gasteiger partial charge >= 0.3 is 0 Å². The second kappa shape index (κ2) is 9.93. The Kier molecular flexibility index (Phi) is 7.55. The molecular weight excluding hydrogens is 306 g/mol. The van der Waals surface area contributed by atoms with Crippen molar-refractivity contribution in [2.24, 2.45) is 4.99 Å². The summed E-state index contributed by atoms with van der Waals surface area (Å²) in [4.78, 5) is 19.1. The predicted octanol–water partition coefficient (Wildman–Crippen LogP) is 2.30. The van der Waals surface area contributed by atoms with Gasteiger partial charge in [0.25, 0.3) is 11.9 Å². The van der Waals surface area contributed by atoms with Crippen molar-refractivity contribution in [3.63, 3.8) is 0 Å². The first-order chi connectivity index (χ1) is 11.7. The third-order valence-corrected chi connectivity index (χ3v) is 3.97. The zero-order valence-electron chi connectivity index (χ0n) is 14.6. The summed E-state index contributed by atoms with van der Waals surface area (Å²) in [5.74, 6) is 0.481. The van der Waals surface area contributed by atoms with Crippen molar-refractivity contribution in [2.75, 3.05) is 39.9 Å². The summed E-state index contributed by atoms with van der Waals surface area (Å²) >= 11 is 0. The molecule has 0 aromatic heterocycles. The van der Waals surface area contributed by atoms with E-state index in [4.69, 9.17) is 9.47 Å². The second-order valence-corrected chi connectivity index (χ2v) is 5.70. The number of rotatable bonds is 6. The molecule has 0 unspecified atom stereocenters. The van der Waals surface area contributed by atoms with Crippen molar-refractivity contribution in [3.05, 3.63) is 29.8 Å². The van der Waals surface area contributed by atoms with Crippen LogP contribution in [0.15, 0.2) is 29.3 Å². The number of carbonyl (C=O) groups is 1. The molecule has 0 bridgehead atoms. The molecule has 0 radical (unpaired) electrons. The first kappa shape index (κ1) is 18.3. The van der Waals surface area contributed by atoms with Crippen molar-refractivity contribution < 1.29 is 14.3 Å². The summed E-state index contributed by atoms with van der Waals surface area (Å²) < 4.78 is 10.5. The second-order valence-electron chi connectivity index (χ2n) is 5.70. The fraction of sp³-hybridized carbons (Fsp3) is 0.556. The van der Waals surface area contributed by atoms with E-state index in [9.17, 15) is 4.79 Å². The maximum atomic E-state index is 12.3. The number of benzene rings is 1. The maximum absolute atomic E-state index is 12.3. The molecule has 1 N–H and O–H groups in total. The van der Waals surface area contributed by atoms with Gasteiger partial charge in [-0.15, -0.1) is 0 Å². The minimum Gasteiger partial charge on any atom is -0.497 e.